The number of hydrogen-bond donors (Lipinski definition) is 2. The summed E-state index contributed by atoms with van der Waals surface area (Å²) in [4.78, 5) is 24.1. The van der Waals surface area contributed by atoms with E-state index in [0.29, 0.717) is 10.2 Å². The van der Waals surface area contributed by atoms with E-state index in [-0.39, 0.29) is 5.56 Å². The Balaban J connectivity index is 1.96. The molecular formula is C18H18BrFN2O3. The average molecular weight is 409 g/mol. The highest BCUT2D eigenvalue weighted by atomic mass is 79.9. The molecule has 2 aromatic rings. The van der Waals surface area contributed by atoms with Gasteiger partial charge in [-0.25, -0.2) is 4.39 Å². The van der Waals surface area contributed by atoms with Crippen LogP contribution in [0.15, 0.2) is 40.9 Å². The average Bonchev–Trinajstić information content (AvgIpc) is 2.58. The van der Waals surface area contributed by atoms with Gasteiger partial charge in [0.15, 0.2) is 6.10 Å². The van der Waals surface area contributed by atoms with Crippen LogP contribution in [0, 0.1) is 19.7 Å². The molecule has 0 bridgehead atoms. The molecule has 0 saturated carbocycles. The highest BCUT2D eigenvalue weighted by Gasteiger charge is 2.18. The number of carbonyl (C=O) groups excluding carboxylic acids is 2. The first-order valence-corrected chi connectivity index (χ1v) is 8.37. The van der Waals surface area contributed by atoms with Crippen molar-refractivity contribution in [2.45, 2.75) is 26.9 Å². The van der Waals surface area contributed by atoms with Crippen LogP contribution >= 0.6 is 15.9 Å². The summed E-state index contributed by atoms with van der Waals surface area (Å²) in [5.41, 5.74) is 6.21. The molecule has 0 aliphatic heterocycles. The number of ether oxygens (including phenoxy) is 1. The lowest BCUT2D eigenvalue weighted by atomic mass is 10.1. The first-order chi connectivity index (χ1) is 11.8. The fourth-order valence-electron chi connectivity index (χ4n) is 2.05. The van der Waals surface area contributed by atoms with Crippen molar-refractivity contribution < 1.29 is 18.7 Å². The van der Waals surface area contributed by atoms with Gasteiger partial charge in [-0.1, -0.05) is 28.1 Å². The normalized spacial score (nSPS) is 11.6. The Morgan fingerprint density at radius 3 is 2.60 bits per heavy atom. The molecule has 2 rings (SSSR count). The van der Waals surface area contributed by atoms with E-state index in [9.17, 15) is 14.0 Å². The minimum Gasteiger partial charge on any atom is -0.481 e. The summed E-state index contributed by atoms with van der Waals surface area (Å²) in [7, 11) is 0. The number of benzene rings is 2. The van der Waals surface area contributed by atoms with Crippen molar-refractivity contribution in [3.05, 3.63) is 63.4 Å². The number of nitrogens with one attached hydrogen (secondary N) is 2. The zero-order chi connectivity index (χ0) is 18.6. The molecule has 0 fully saturated rings. The number of halogens is 2. The topological polar surface area (TPSA) is 67.4 Å². The summed E-state index contributed by atoms with van der Waals surface area (Å²) in [5.74, 6) is -1.41. The summed E-state index contributed by atoms with van der Waals surface area (Å²) >= 11 is 3.16. The second-order valence-electron chi connectivity index (χ2n) is 5.53. The van der Waals surface area contributed by atoms with Gasteiger partial charge in [-0.15, -0.1) is 0 Å². The van der Waals surface area contributed by atoms with Crippen molar-refractivity contribution in [2.24, 2.45) is 0 Å². The summed E-state index contributed by atoms with van der Waals surface area (Å²) < 4.78 is 19.8. The zero-order valence-electron chi connectivity index (χ0n) is 14.0. The van der Waals surface area contributed by atoms with E-state index in [1.54, 1.807) is 13.0 Å². The van der Waals surface area contributed by atoms with Crippen LogP contribution < -0.4 is 15.6 Å². The van der Waals surface area contributed by atoms with E-state index in [1.807, 2.05) is 26.0 Å². The zero-order valence-corrected chi connectivity index (χ0v) is 15.6. The first-order valence-electron chi connectivity index (χ1n) is 7.57. The second kappa shape index (κ2) is 8.11. The Morgan fingerprint density at radius 2 is 1.88 bits per heavy atom. The number of hydrazine groups is 1. The lowest BCUT2D eigenvalue weighted by Gasteiger charge is -2.17. The molecule has 1 unspecified atom stereocenters. The van der Waals surface area contributed by atoms with Crippen LogP contribution in [0.1, 0.15) is 28.4 Å². The van der Waals surface area contributed by atoms with Gasteiger partial charge in [-0.05, 0) is 56.2 Å². The Kier molecular flexibility index (Phi) is 6.14. The van der Waals surface area contributed by atoms with E-state index in [1.165, 1.54) is 12.1 Å². The fourth-order valence-corrected chi connectivity index (χ4v) is 2.42. The molecule has 0 aliphatic carbocycles. The Bertz CT molecular complexity index is 811. The Labute approximate surface area is 153 Å². The van der Waals surface area contributed by atoms with Crippen LogP contribution in [0.5, 0.6) is 5.75 Å². The highest BCUT2D eigenvalue weighted by Crippen LogP contribution is 2.21. The predicted octanol–water partition coefficient (Wildman–Crippen LogP) is 3.43. The van der Waals surface area contributed by atoms with E-state index in [2.05, 4.69) is 26.8 Å². The molecule has 0 spiro atoms. The smallest absolute Gasteiger partial charge is 0.279 e. The van der Waals surface area contributed by atoms with Crippen LogP contribution in [0.2, 0.25) is 0 Å². The van der Waals surface area contributed by atoms with Crippen molar-refractivity contribution in [3.63, 3.8) is 0 Å². The number of amides is 2. The van der Waals surface area contributed by atoms with Gasteiger partial charge in [-0.3, -0.25) is 20.4 Å². The van der Waals surface area contributed by atoms with Gasteiger partial charge < -0.3 is 4.74 Å². The molecule has 2 aromatic carbocycles. The highest BCUT2D eigenvalue weighted by molar-refractivity contribution is 9.10. The molecule has 0 saturated heterocycles. The fraction of sp³-hybridized carbons (Fsp3) is 0.222. The molecule has 132 valence electrons. The number of hydrogen-bond acceptors (Lipinski definition) is 3. The molecule has 0 heterocycles. The van der Waals surface area contributed by atoms with E-state index < -0.39 is 23.7 Å². The molecule has 0 aromatic heterocycles. The van der Waals surface area contributed by atoms with Gasteiger partial charge in [0, 0.05) is 4.47 Å². The van der Waals surface area contributed by atoms with Gasteiger partial charge >= 0.3 is 0 Å². The maximum Gasteiger partial charge on any atom is 0.279 e. The number of carbonyl (C=O) groups is 2. The predicted molar refractivity (Wildman–Crippen MR) is 95.7 cm³/mol. The molecule has 7 heteroatoms. The summed E-state index contributed by atoms with van der Waals surface area (Å²) in [6.45, 7) is 5.40. The van der Waals surface area contributed by atoms with Gasteiger partial charge in [0.05, 0.1) is 5.56 Å². The van der Waals surface area contributed by atoms with E-state index in [0.717, 1.165) is 17.2 Å². The third-order valence-corrected chi connectivity index (χ3v) is 4.19. The molecule has 2 amide bonds. The molecule has 25 heavy (non-hydrogen) atoms. The third kappa shape index (κ3) is 4.79. The minimum atomic E-state index is -0.840. The largest absolute Gasteiger partial charge is 0.481 e. The standard InChI is InChI=1S/C18H18BrFN2O3/c1-10-5-4-6-16(11(10)2)25-12(3)17(23)21-22-18(24)14-9-13(19)7-8-15(14)20/h4-9,12H,1-3H3,(H,21,23)(H,22,24). The summed E-state index contributed by atoms with van der Waals surface area (Å²) in [6, 6.07) is 9.51. The Morgan fingerprint density at radius 1 is 1.16 bits per heavy atom. The third-order valence-electron chi connectivity index (χ3n) is 3.70. The monoisotopic (exact) mass is 408 g/mol. The number of aryl methyl sites for hydroxylation is 1. The van der Waals surface area contributed by atoms with Gasteiger partial charge in [0.25, 0.3) is 11.8 Å². The Hall–Kier alpha value is -2.41. The second-order valence-corrected chi connectivity index (χ2v) is 6.44. The molecule has 2 N–H and O–H groups in total. The summed E-state index contributed by atoms with van der Waals surface area (Å²) in [6.07, 6.45) is -0.840. The van der Waals surface area contributed by atoms with Crippen molar-refractivity contribution in [1.29, 1.82) is 0 Å². The van der Waals surface area contributed by atoms with E-state index >= 15 is 0 Å². The van der Waals surface area contributed by atoms with Gasteiger partial charge in [-0.2, -0.15) is 0 Å². The maximum absolute atomic E-state index is 13.7. The first kappa shape index (κ1) is 18.9. The van der Waals surface area contributed by atoms with Crippen molar-refractivity contribution >= 4 is 27.7 Å². The molecule has 0 aliphatic rings. The van der Waals surface area contributed by atoms with Crippen LogP contribution in [0.3, 0.4) is 0 Å². The van der Waals surface area contributed by atoms with Crippen LogP contribution in [0.4, 0.5) is 4.39 Å². The SMILES string of the molecule is Cc1cccc(OC(C)C(=O)NNC(=O)c2cc(Br)ccc2F)c1C. The van der Waals surface area contributed by atoms with Crippen LogP contribution in [0.25, 0.3) is 0 Å². The lowest BCUT2D eigenvalue weighted by molar-refractivity contribution is -0.128. The molecule has 0 radical (unpaired) electrons. The molecule has 5 nitrogen and oxygen atoms in total. The lowest BCUT2D eigenvalue weighted by Crippen LogP contribution is -2.47. The van der Waals surface area contributed by atoms with Crippen molar-refractivity contribution in [3.8, 4) is 5.75 Å². The summed E-state index contributed by atoms with van der Waals surface area (Å²) in [5, 5.41) is 0. The van der Waals surface area contributed by atoms with Crippen LogP contribution in [-0.2, 0) is 4.79 Å². The molecule has 1 atom stereocenters. The number of rotatable bonds is 4. The van der Waals surface area contributed by atoms with Gasteiger partial charge in [0.1, 0.15) is 11.6 Å². The quantitative estimate of drug-likeness (QED) is 0.761. The van der Waals surface area contributed by atoms with Crippen LogP contribution in [-0.4, -0.2) is 17.9 Å². The maximum atomic E-state index is 13.7. The van der Waals surface area contributed by atoms with Crippen molar-refractivity contribution in [1.82, 2.24) is 10.9 Å². The minimum absolute atomic E-state index is 0.183. The van der Waals surface area contributed by atoms with Crippen molar-refractivity contribution in [2.75, 3.05) is 0 Å². The van der Waals surface area contributed by atoms with E-state index in [4.69, 9.17) is 4.74 Å². The van der Waals surface area contributed by atoms with Gasteiger partial charge in [0.2, 0.25) is 0 Å². The molecular weight excluding hydrogens is 391 g/mol.